The van der Waals surface area contributed by atoms with E-state index in [4.69, 9.17) is 15.2 Å². The molecule has 0 saturated carbocycles. The van der Waals surface area contributed by atoms with Crippen molar-refractivity contribution in [3.63, 3.8) is 0 Å². The predicted molar refractivity (Wildman–Crippen MR) is 108 cm³/mol. The topological polar surface area (TPSA) is 101 Å². The van der Waals surface area contributed by atoms with Gasteiger partial charge in [-0.05, 0) is 17.7 Å². The number of piperidine rings is 1. The average Bonchev–Trinajstić information content (AvgIpc) is 2.75. The first-order chi connectivity index (χ1) is 14.0. The number of nitrogens with two attached hydrogens (primary N) is 1. The lowest BCUT2D eigenvalue weighted by Crippen LogP contribution is -2.77. The zero-order valence-electron chi connectivity index (χ0n) is 16.6. The van der Waals surface area contributed by atoms with Crippen molar-refractivity contribution < 1.29 is 14.3 Å². The highest BCUT2D eigenvalue weighted by Gasteiger charge is 2.54. The van der Waals surface area contributed by atoms with E-state index in [0.29, 0.717) is 18.7 Å². The molecule has 1 fully saturated rings. The third-order valence-electron chi connectivity index (χ3n) is 5.33. The molecule has 1 heterocycles. The first-order valence-corrected chi connectivity index (χ1v) is 9.43. The molecule has 4 atom stereocenters. The van der Waals surface area contributed by atoms with Crippen molar-refractivity contribution in [2.75, 3.05) is 20.8 Å². The Kier molecular flexibility index (Phi) is 6.62. The van der Waals surface area contributed by atoms with Crippen molar-refractivity contribution in [1.82, 2.24) is 10.2 Å². The third-order valence-corrected chi connectivity index (χ3v) is 5.33. The van der Waals surface area contributed by atoms with Crippen molar-refractivity contribution in [3.8, 4) is 6.07 Å². The van der Waals surface area contributed by atoms with Crippen LogP contribution in [-0.2, 0) is 16.0 Å². The Labute approximate surface area is 171 Å². The first-order valence-electron chi connectivity index (χ1n) is 9.43. The highest BCUT2D eigenvalue weighted by atomic mass is 16.5. The van der Waals surface area contributed by atoms with E-state index >= 15 is 0 Å². The number of nitrogens with zero attached hydrogens (tertiary/aromatic N) is 2. The molecule has 7 nitrogen and oxygen atoms in total. The Morgan fingerprint density at radius 3 is 2.34 bits per heavy atom. The monoisotopic (exact) mass is 394 g/mol. The van der Waals surface area contributed by atoms with E-state index in [9.17, 15) is 10.1 Å². The van der Waals surface area contributed by atoms with Crippen molar-refractivity contribution in [2.24, 2.45) is 11.7 Å². The fraction of sp³-hybridized carbons (Fsp3) is 0.364. The molecular weight excluding hydrogens is 368 g/mol. The molecule has 0 bridgehead atoms. The number of amides is 1. The summed E-state index contributed by atoms with van der Waals surface area (Å²) in [6.45, 7) is 0.898. The van der Waals surface area contributed by atoms with Gasteiger partial charge < -0.3 is 20.5 Å². The summed E-state index contributed by atoms with van der Waals surface area (Å²) in [7, 11) is 3.08. The standard InChI is InChI=1S/C22H26N4O3/c1-28-19-21(29-2)26(14-16-9-5-3-6-10-16)15-18(13-23)22(19,24)25-20(27)17-11-7-4-8-12-17/h3-12,18-19,21H,14-15,24H2,1-2H3,(H,25,27). The summed E-state index contributed by atoms with van der Waals surface area (Å²) in [4.78, 5) is 14.8. The van der Waals surface area contributed by atoms with Gasteiger partial charge in [0.1, 0.15) is 18.0 Å². The van der Waals surface area contributed by atoms with Crippen LogP contribution in [0.1, 0.15) is 15.9 Å². The van der Waals surface area contributed by atoms with Gasteiger partial charge in [0.15, 0.2) is 0 Å². The van der Waals surface area contributed by atoms with Gasteiger partial charge in [0.2, 0.25) is 0 Å². The number of hydrogen-bond donors (Lipinski definition) is 2. The van der Waals surface area contributed by atoms with Gasteiger partial charge in [-0.25, -0.2) is 0 Å². The van der Waals surface area contributed by atoms with Crippen molar-refractivity contribution in [1.29, 1.82) is 5.26 Å². The van der Waals surface area contributed by atoms with E-state index in [1.54, 1.807) is 31.4 Å². The minimum atomic E-state index is -1.41. The van der Waals surface area contributed by atoms with Crippen LogP contribution in [-0.4, -0.2) is 49.6 Å². The molecule has 29 heavy (non-hydrogen) atoms. The second-order valence-electron chi connectivity index (χ2n) is 7.13. The highest BCUT2D eigenvalue weighted by molar-refractivity contribution is 5.94. The van der Waals surface area contributed by atoms with Crippen LogP contribution in [0.15, 0.2) is 60.7 Å². The van der Waals surface area contributed by atoms with Gasteiger partial charge in [0.25, 0.3) is 5.91 Å². The van der Waals surface area contributed by atoms with E-state index in [0.717, 1.165) is 5.56 Å². The van der Waals surface area contributed by atoms with Gasteiger partial charge in [-0.3, -0.25) is 9.69 Å². The Bertz CT molecular complexity index is 855. The summed E-state index contributed by atoms with van der Waals surface area (Å²) >= 11 is 0. The van der Waals surface area contributed by atoms with Crippen LogP contribution in [0.2, 0.25) is 0 Å². The second-order valence-corrected chi connectivity index (χ2v) is 7.13. The first kappa shape index (κ1) is 21.0. The molecule has 1 aliphatic heterocycles. The number of carbonyl (C=O) groups excluding carboxylic acids is 1. The van der Waals surface area contributed by atoms with Crippen LogP contribution in [0.4, 0.5) is 0 Å². The number of likely N-dealkylation sites (tertiary alicyclic amines) is 1. The maximum Gasteiger partial charge on any atom is 0.252 e. The van der Waals surface area contributed by atoms with Crippen LogP contribution in [0.25, 0.3) is 0 Å². The lowest BCUT2D eigenvalue weighted by Gasteiger charge is -2.51. The number of hydrogen-bond acceptors (Lipinski definition) is 6. The Balaban J connectivity index is 1.89. The maximum absolute atomic E-state index is 12.8. The number of carbonyl (C=O) groups is 1. The zero-order valence-corrected chi connectivity index (χ0v) is 16.6. The molecule has 1 amide bonds. The van der Waals surface area contributed by atoms with Crippen molar-refractivity contribution in [3.05, 3.63) is 71.8 Å². The SMILES string of the molecule is COC1C(OC)C(N)(NC(=O)c2ccccc2)C(C#N)CN1Cc1ccccc1. The minimum absolute atomic E-state index is 0.329. The van der Waals surface area contributed by atoms with E-state index in [1.165, 1.54) is 7.11 Å². The van der Waals surface area contributed by atoms with Gasteiger partial charge in [-0.1, -0.05) is 48.5 Å². The predicted octanol–water partition coefficient (Wildman–Crippen LogP) is 1.71. The largest absolute Gasteiger partial charge is 0.373 e. The van der Waals surface area contributed by atoms with E-state index < -0.39 is 23.9 Å². The number of benzene rings is 2. The molecule has 152 valence electrons. The lowest BCUT2D eigenvalue weighted by molar-refractivity contribution is -0.186. The van der Waals surface area contributed by atoms with Crippen molar-refractivity contribution >= 4 is 5.91 Å². The third kappa shape index (κ3) is 4.31. The molecule has 3 N–H and O–H groups in total. The summed E-state index contributed by atoms with van der Waals surface area (Å²) in [5.74, 6) is -1.06. The lowest BCUT2D eigenvalue weighted by atomic mass is 9.82. The van der Waals surface area contributed by atoms with Crippen LogP contribution in [0, 0.1) is 17.2 Å². The number of ether oxygens (including phenoxy) is 2. The van der Waals surface area contributed by atoms with E-state index in [2.05, 4.69) is 11.4 Å². The van der Waals surface area contributed by atoms with Gasteiger partial charge >= 0.3 is 0 Å². The molecule has 7 heteroatoms. The van der Waals surface area contributed by atoms with Gasteiger partial charge in [-0.15, -0.1) is 0 Å². The minimum Gasteiger partial charge on any atom is -0.373 e. The van der Waals surface area contributed by atoms with Crippen LogP contribution < -0.4 is 11.1 Å². The van der Waals surface area contributed by atoms with Gasteiger partial charge in [0, 0.05) is 32.9 Å². The Morgan fingerprint density at radius 2 is 1.79 bits per heavy atom. The quantitative estimate of drug-likeness (QED) is 0.724. The zero-order chi connectivity index (χ0) is 20.9. The summed E-state index contributed by atoms with van der Waals surface area (Å²) in [5.41, 5.74) is 6.77. The summed E-state index contributed by atoms with van der Waals surface area (Å²) < 4.78 is 11.4. The maximum atomic E-state index is 12.8. The number of nitriles is 1. The summed E-state index contributed by atoms with van der Waals surface area (Å²) in [5, 5.41) is 12.7. The molecule has 0 aliphatic carbocycles. The van der Waals surface area contributed by atoms with Gasteiger partial charge in [-0.2, -0.15) is 5.26 Å². The van der Waals surface area contributed by atoms with Crippen LogP contribution in [0.5, 0.6) is 0 Å². The highest BCUT2D eigenvalue weighted by Crippen LogP contribution is 2.32. The molecule has 0 radical (unpaired) electrons. The fourth-order valence-electron chi connectivity index (χ4n) is 3.84. The number of nitrogens with one attached hydrogen (secondary N) is 1. The molecule has 0 spiro atoms. The summed E-state index contributed by atoms with van der Waals surface area (Å²) in [6.07, 6.45) is -1.28. The Hall–Kier alpha value is -2.76. The average molecular weight is 394 g/mol. The molecular formula is C22H26N4O3. The molecule has 2 aromatic rings. The number of methoxy groups -OCH3 is 2. The molecule has 1 saturated heterocycles. The molecule has 3 rings (SSSR count). The molecule has 2 aromatic carbocycles. The molecule has 0 aromatic heterocycles. The molecule has 1 aliphatic rings. The van der Waals surface area contributed by atoms with Crippen LogP contribution in [0.3, 0.4) is 0 Å². The number of rotatable bonds is 6. The van der Waals surface area contributed by atoms with Gasteiger partial charge in [0.05, 0.1) is 12.0 Å². The second kappa shape index (κ2) is 9.16. The van der Waals surface area contributed by atoms with Crippen molar-refractivity contribution in [2.45, 2.75) is 24.5 Å². The fourth-order valence-corrected chi connectivity index (χ4v) is 3.84. The smallest absolute Gasteiger partial charge is 0.252 e. The van der Waals surface area contributed by atoms with E-state index in [1.807, 2.05) is 41.3 Å². The van der Waals surface area contributed by atoms with Crippen LogP contribution >= 0.6 is 0 Å². The summed E-state index contributed by atoms with van der Waals surface area (Å²) in [6, 6.07) is 20.9. The molecule has 4 unspecified atom stereocenters. The van der Waals surface area contributed by atoms with E-state index in [-0.39, 0.29) is 5.91 Å². The Morgan fingerprint density at radius 1 is 1.17 bits per heavy atom. The normalized spacial score (nSPS) is 27.2.